The van der Waals surface area contributed by atoms with Crippen LogP contribution in [0.25, 0.3) is 0 Å². The largest absolute Gasteiger partial charge is 0.307 e. The van der Waals surface area contributed by atoms with E-state index in [-0.39, 0.29) is 5.91 Å². The Labute approximate surface area is 76.4 Å². The minimum atomic E-state index is -0.178. The van der Waals surface area contributed by atoms with Gasteiger partial charge in [-0.3, -0.25) is 9.89 Å². The van der Waals surface area contributed by atoms with Gasteiger partial charge in [-0.05, 0) is 6.92 Å². The zero-order valence-electron chi connectivity index (χ0n) is 7.32. The molecule has 2 N–H and O–H groups in total. The van der Waals surface area contributed by atoms with Crippen LogP contribution >= 0.6 is 0 Å². The highest BCUT2D eigenvalue weighted by atomic mass is 16.1. The average Bonchev–Trinajstić information content (AvgIpc) is 2.57. The van der Waals surface area contributed by atoms with Gasteiger partial charge in [0.2, 0.25) is 5.91 Å². The number of amides is 1. The number of allylic oxidation sites excluding steroid dienone is 3. The number of nitrogens with one attached hydrogen (secondary N) is 2. The van der Waals surface area contributed by atoms with Crippen LogP contribution in [0.5, 0.6) is 0 Å². The number of aromatic amines is 1. The SMILES string of the molecule is CC=CC=CC(=O)Nc1ccn[nH]1. The average molecular weight is 177 g/mol. The van der Waals surface area contributed by atoms with Crippen LogP contribution in [0.15, 0.2) is 36.6 Å². The zero-order chi connectivity index (χ0) is 9.52. The van der Waals surface area contributed by atoms with Crippen molar-refractivity contribution >= 4 is 11.7 Å². The Kier molecular flexibility index (Phi) is 3.50. The Morgan fingerprint density at radius 1 is 1.62 bits per heavy atom. The molecule has 0 aliphatic heterocycles. The lowest BCUT2D eigenvalue weighted by molar-refractivity contribution is -0.111. The molecule has 0 atom stereocenters. The third-order valence-electron chi connectivity index (χ3n) is 1.31. The minimum absolute atomic E-state index is 0.178. The third kappa shape index (κ3) is 3.37. The highest BCUT2D eigenvalue weighted by Crippen LogP contribution is 1.97. The molecule has 4 heteroatoms. The summed E-state index contributed by atoms with van der Waals surface area (Å²) < 4.78 is 0. The molecule has 0 unspecified atom stereocenters. The summed E-state index contributed by atoms with van der Waals surface area (Å²) in [5, 5.41) is 8.92. The molecule has 68 valence electrons. The molecular formula is C9H11N3O. The van der Waals surface area contributed by atoms with Gasteiger partial charge in [-0.25, -0.2) is 0 Å². The first-order valence-electron chi connectivity index (χ1n) is 3.92. The molecule has 0 bridgehead atoms. The van der Waals surface area contributed by atoms with Gasteiger partial charge in [-0.15, -0.1) is 0 Å². The van der Waals surface area contributed by atoms with Gasteiger partial charge in [0.1, 0.15) is 5.82 Å². The van der Waals surface area contributed by atoms with Gasteiger partial charge in [0, 0.05) is 12.1 Å². The van der Waals surface area contributed by atoms with Gasteiger partial charge < -0.3 is 5.32 Å². The molecule has 13 heavy (non-hydrogen) atoms. The van der Waals surface area contributed by atoms with E-state index in [9.17, 15) is 4.79 Å². The first-order valence-corrected chi connectivity index (χ1v) is 3.92. The van der Waals surface area contributed by atoms with Crippen molar-refractivity contribution in [2.45, 2.75) is 6.92 Å². The molecule has 4 nitrogen and oxygen atoms in total. The van der Waals surface area contributed by atoms with Crippen LogP contribution in [-0.4, -0.2) is 16.1 Å². The van der Waals surface area contributed by atoms with Crippen LogP contribution < -0.4 is 5.32 Å². The maximum atomic E-state index is 11.1. The van der Waals surface area contributed by atoms with Crippen LogP contribution in [0.2, 0.25) is 0 Å². The van der Waals surface area contributed by atoms with Gasteiger partial charge in [-0.2, -0.15) is 5.10 Å². The first-order chi connectivity index (χ1) is 6.33. The van der Waals surface area contributed by atoms with Crippen LogP contribution in [0.3, 0.4) is 0 Å². The smallest absolute Gasteiger partial charge is 0.249 e. The molecule has 1 heterocycles. The summed E-state index contributed by atoms with van der Waals surface area (Å²) in [4.78, 5) is 11.1. The lowest BCUT2D eigenvalue weighted by Gasteiger charge is -1.94. The number of carbonyl (C=O) groups excluding carboxylic acids is 1. The fraction of sp³-hybridized carbons (Fsp3) is 0.111. The molecule has 0 aliphatic rings. The molecule has 0 aliphatic carbocycles. The zero-order valence-corrected chi connectivity index (χ0v) is 7.32. The quantitative estimate of drug-likeness (QED) is 0.542. The molecule has 0 radical (unpaired) electrons. The first kappa shape index (κ1) is 9.25. The summed E-state index contributed by atoms with van der Waals surface area (Å²) in [5.74, 6) is 0.414. The fourth-order valence-electron chi connectivity index (χ4n) is 0.754. The lowest BCUT2D eigenvalue weighted by Crippen LogP contribution is -2.07. The maximum absolute atomic E-state index is 11.1. The number of H-pyrrole nitrogens is 1. The van der Waals surface area contributed by atoms with E-state index in [1.807, 2.05) is 13.0 Å². The van der Waals surface area contributed by atoms with E-state index in [2.05, 4.69) is 15.5 Å². The fourth-order valence-corrected chi connectivity index (χ4v) is 0.754. The van der Waals surface area contributed by atoms with E-state index in [1.165, 1.54) is 6.08 Å². The summed E-state index contributed by atoms with van der Waals surface area (Å²) in [6.07, 6.45) is 8.32. The summed E-state index contributed by atoms with van der Waals surface area (Å²) in [6, 6.07) is 1.68. The number of nitrogens with zero attached hydrogens (tertiary/aromatic N) is 1. The number of anilines is 1. The second kappa shape index (κ2) is 4.92. The molecule has 1 amide bonds. The molecule has 0 saturated heterocycles. The number of rotatable bonds is 3. The minimum Gasteiger partial charge on any atom is -0.307 e. The van der Waals surface area contributed by atoms with Crippen LogP contribution in [-0.2, 0) is 4.79 Å². The number of aromatic nitrogens is 2. The van der Waals surface area contributed by atoms with Crippen molar-refractivity contribution in [2.24, 2.45) is 0 Å². The lowest BCUT2D eigenvalue weighted by atomic mass is 10.4. The predicted octanol–water partition coefficient (Wildman–Crippen LogP) is 1.48. The van der Waals surface area contributed by atoms with Gasteiger partial charge in [0.05, 0.1) is 6.20 Å². The van der Waals surface area contributed by atoms with Gasteiger partial charge in [0.25, 0.3) is 0 Å². The van der Waals surface area contributed by atoms with Crippen molar-refractivity contribution in [1.82, 2.24) is 10.2 Å². The summed E-state index contributed by atoms with van der Waals surface area (Å²) in [7, 11) is 0. The number of hydrogen-bond donors (Lipinski definition) is 2. The molecule has 0 fully saturated rings. The second-order valence-electron chi connectivity index (χ2n) is 2.34. The molecule has 1 rings (SSSR count). The highest BCUT2D eigenvalue weighted by molar-refractivity contribution is 5.98. The van der Waals surface area contributed by atoms with Crippen LogP contribution in [0, 0.1) is 0 Å². The number of hydrogen-bond acceptors (Lipinski definition) is 2. The molecule has 0 spiro atoms. The normalized spacial score (nSPS) is 11.2. The van der Waals surface area contributed by atoms with Crippen molar-refractivity contribution in [1.29, 1.82) is 0 Å². The van der Waals surface area contributed by atoms with E-state index in [0.29, 0.717) is 5.82 Å². The molecular weight excluding hydrogens is 166 g/mol. The van der Waals surface area contributed by atoms with E-state index in [0.717, 1.165) is 0 Å². The monoisotopic (exact) mass is 177 g/mol. The van der Waals surface area contributed by atoms with Crippen molar-refractivity contribution in [3.63, 3.8) is 0 Å². The van der Waals surface area contributed by atoms with Gasteiger partial charge in [-0.1, -0.05) is 18.2 Å². The highest BCUT2D eigenvalue weighted by Gasteiger charge is 1.95. The summed E-state index contributed by atoms with van der Waals surface area (Å²) in [5.41, 5.74) is 0. The molecule has 1 aromatic rings. The van der Waals surface area contributed by atoms with E-state index in [1.54, 1.807) is 24.4 Å². The van der Waals surface area contributed by atoms with Crippen molar-refractivity contribution in [3.05, 3.63) is 36.6 Å². The van der Waals surface area contributed by atoms with Gasteiger partial charge in [0.15, 0.2) is 0 Å². The Hall–Kier alpha value is -1.84. The van der Waals surface area contributed by atoms with Crippen LogP contribution in [0.4, 0.5) is 5.82 Å². The van der Waals surface area contributed by atoms with E-state index in [4.69, 9.17) is 0 Å². The van der Waals surface area contributed by atoms with Crippen molar-refractivity contribution < 1.29 is 4.79 Å². The van der Waals surface area contributed by atoms with Crippen LogP contribution in [0.1, 0.15) is 6.92 Å². The van der Waals surface area contributed by atoms with E-state index >= 15 is 0 Å². The standard InChI is InChI=1S/C9H11N3O/c1-2-3-4-5-9(13)11-8-6-7-10-12-8/h2-7H,1H3,(H2,10,11,12,13). The topological polar surface area (TPSA) is 57.8 Å². The second-order valence-corrected chi connectivity index (χ2v) is 2.34. The number of carbonyl (C=O) groups is 1. The predicted molar refractivity (Wildman–Crippen MR) is 51.2 cm³/mol. The van der Waals surface area contributed by atoms with Crippen molar-refractivity contribution in [2.75, 3.05) is 5.32 Å². The van der Waals surface area contributed by atoms with Crippen molar-refractivity contribution in [3.8, 4) is 0 Å². The summed E-state index contributed by atoms with van der Waals surface area (Å²) >= 11 is 0. The van der Waals surface area contributed by atoms with Gasteiger partial charge >= 0.3 is 0 Å². The Balaban J connectivity index is 2.42. The molecule has 0 saturated carbocycles. The molecule has 0 aromatic carbocycles. The Bertz CT molecular complexity index is 312. The maximum Gasteiger partial charge on any atom is 0.249 e. The Morgan fingerprint density at radius 2 is 2.46 bits per heavy atom. The molecule has 1 aromatic heterocycles. The third-order valence-corrected chi connectivity index (χ3v) is 1.31. The Morgan fingerprint density at radius 3 is 3.08 bits per heavy atom. The van der Waals surface area contributed by atoms with E-state index < -0.39 is 0 Å². The summed E-state index contributed by atoms with van der Waals surface area (Å²) in [6.45, 7) is 1.89.